The Balaban J connectivity index is 2.98. The summed E-state index contributed by atoms with van der Waals surface area (Å²) < 4.78 is 0. The van der Waals surface area contributed by atoms with E-state index in [1.54, 1.807) is 4.90 Å². The first-order valence-electron chi connectivity index (χ1n) is 9.96. The topological polar surface area (TPSA) is 20.3 Å². The average Bonchev–Trinajstić information content (AvgIpc) is 2.54. The lowest BCUT2D eigenvalue weighted by molar-refractivity contribution is -0.117. The Morgan fingerprint density at radius 1 is 0.591 bits per heavy atom. The number of amides is 1. The van der Waals surface area contributed by atoms with Crippen LogP contribution in [0.5, 0.6) is 0 Å². The highest BCUT2D eigenvalue weighted by Gasteiger charge is 1.95. The van der Waals surface area contributed by atoms with Gasteiger partial charge in [-0.15, -0.1) is 0 Å². The molecule has 0 aliphatic carbocycles. The van der Waals surface area contributed by atoms with Gasteiger partial charge >= 0.3 is 0 Å². The van der Waals surface area contributed by atoms with E-state index in [2.05, 4.69) is 6.92 Å². The summed E-state index contributed by atoms with van der Waals surface area (Å²) >= 11 is 0. The fourth-order valence-corrected chi connectivity index (χ4v) is 2.96. The summed E-state index contributed by atoms with van der Waals surface area (Å²) in [5.74, 6) is 0. The van der Waals surface area contributed by atoms with Crippen LogP contribution >= 0.6 is 0 Å². The van der Waals surface area contributed by atoms with Gasteiger partial charge in [0.15, 0.2) is 0 Å². The molecule has 0 aromatic carbocycles. The fraction of sp³-hybridized carbons (Fsp3) is 0.950. The lowest BCUT2D eigenvalue weighted by atomic mass is 10.0. The van der Waals surface area contributed by atoms with E-state index in [9.17, 15) is 4.79 Å². The zero-order chi connectivity index (χ0) is 16.3. The maximum absolute atomic E-state index is 10.4. The Morgan fingerprint density at radius 3 is 1.23 bits per heavy atom. The van der Waals surface area contributed by atoms with Crippen molar-refractivity contribution in [2.24, 2.45) is 0 Å². The Hall–Kier alpha value is -0.530. The monoisotopic (exact) mass is 311 g/mol. The van der Waals surface area contributed by atoms with E-state index in [4.69, 9.17) is 0 Å². The van der Waals surface area contributed by atoms with Gasteiger partial charge in [-0.05, 0) is 6.42 Å². The minimum Gasteiger partial charge on any atom is -0.348 e. The molecule has 0 fully saturated rings. The van der Waals surface area contributed by atoms with Crippen molar-refractivity contribution in [2.75, 3.05) is 13.6 Å². The van der Waals surface area contributed by atoms with Crippen molar-refractivity contribution in [1.29, 1.82) is 0 Å². The van der Waals surface area contributed by atoms with E-state index >= 15 is 0 Å². The number of nitrogens with zero attached hydrogens (tertiary/aromatic N) is 1. The lowest BCUT2D eigenvalue weighted by Crippen LogP contribution is -2.16. The third kappa shape index (κ3) is 17.5. The number of hydrogen-bond donors (Lipinski definition) is 0. The van der Waals surface area contributed by atoms with Crippen LogP contribution in [0.25, 0.3) is 0 Å². The third-order valence-electron chi connectivity index (χ3n) is 4.54. The van der Waals surface area contributed by atoms with Crippen LogP contribution in [-0.4, -0.2) is 24.9 Å². The zero-order valence-electron chi connectivity index (χ0n) is 15.5. The van der Waals surface area contributed by atoms with Crippen LogP contribution in [0.3, 0.4) is 0 Å². The quantitative estimate of drug-likeness (QED) is 0.214. The molecule has 0 atom stereocenters. The van der Waals surface area contributed by atoms with Crippen LogP contribution in [0.4, 0.5) is 0 Å². The first-order chi connectivity index (χ1) is 10.8. The number of hydrogen-bond acceptors (Lipinski definition) is 1. The highest BCUT2D eigenvalue weighted by Crippen LogP contribution is 2.13. The predicted molar refractivity (Wildman–Crippen MR) is 98.2 cm³/mol. The van der Waals surface area contributed by atoms with Crippen molar-refractivity contribution < 1.29 is 4.79 Å². The van der Waals surface area contributed by atoms with Crippen LogP contribution in [-0.2, 0) is 4.79 Å². The summed E-state index contributed by atoms with van der Waals surface area (Å²) in [4.78, 5) is 12.2. The number of rotatable bonds is 18. The second-order valence-corrected chi connectivity index (χ2v) is 6.89. The second-order valence-electron chi connectivity index (χ2n) is 6.89. The molecule has 0 saturated heterocycles. The number of carbonyl (C=O) groups is 1. The first kappa shape index (κ1) is 21.5. The molecule has 2 heteroatoms. The summed E-state index contributed by atoms with van der Waals surface area (Å²) in [6.45, 7) is 3.20. The average molecular weight is 312 g/mol. The zero-order valence-corrected chi connectivity index (χ0v) is 15.5. The van der Waals surface area contributed by atoms with Gasteiger partial charge in [0.1, 0.15) is 0 Å². The van der Waals surface area contributed by atoms with E-state index in [-0.39, 0.29) is 0 Å². The number of unbranched alkanes of at least 4 members (excludes halogenated alkanes) is 15. The molecule has 0 aliphatic rings. The highest BCUT2D eigenvalue weighted by molar-refractivity contribution is 5.46. The molecule has 0 aromatic heterocycles. The van der Waals surface area contributed by atoms with Gasteiger partial charge in [0, 0.05) is 13.6 Å². The van der Waals surface area contributed by atoms with E-state index in [1.807, 2.05) is 7.05 Å². The molecule has 0 rings (SSSR count). The van der Waals surface area contributed by atoms with E-state index in [0.29, 0.717) is 0 Å². The molecule has 2 nitrogen and oxygen atoms in total. The van der Waals surface area contributed by atoms with Gasteiger partial charge in [0.2, 0.25) is 6.41 Å². The summed E-state index contributed by atoms with van der Waals surface area (Å²) in [5.41, 5.74) is 0. The first-order valence-corrected chi connectivity index (χ1v) is 9.96. The van der Waals surface area contributed by atoms with E-state index in [0.717, 1.165) is 19.4 Å². The molecular weight excluding hydrogens is 270 g/mol. The second kappa shape index (κ2) is 18.5. The Morgan fingerprint density at radius 2 is 0.909 bits per heavy atom. The van der Waals surface area contributed by atoms with Gasteiger partial charge in [-0.2, -0.15) is 0 Å². The van der Waals surface area contributed by atoms with Crippen molar-refractivity contribution >= 4 is 6.41 Å². The predicted octanol–water partition coefficient (Wildman–Crippen LogP) is 6.34. The lowest BCUT2D eigenvalue weighted by Gasteiger charge is -2.09. The van der Waals surface area contributed by atoms with Crippen LogP contribution in [0.15, 0.2) is 0 Å². The smallest absolute Gasteiger partial charge is 0.209 e. The van der Waals surface area contributed by atoms with Crippen molar-refractivity contribution in [3.63, 3.8) is 0 Å². The van der Waals surface area contributed by atoms with Crippen molar-refractivity contribution in [3.05, 3.63) is 0 Å². The van der Waals surface area contributed by atoms with Gasteiger partial charge in [-0.1, -0.05) is 103 Å². The molecule has 0 bridgehead atoms. The molecule has 0 aromatic rings. The van der Waals surface area contributed by atoms with Crippen LogP contribution in [0, 0.1) is 0 Å². The molecule has 22 heavy (non-hydrogen) atoms. The molecule has 0 unspecified atom stereocenters. The van der Waals surface area contributed by atoms with Gasteiger partial charge in [-0.25, -0.2) is 0 Å². The Bertz CT molecular complexity index is 218. The highest BCUT2D eigenvalue weighted by atomic mass is 16.1. The molecular formula is C20H41NO. The van der Waals surface area contributed by atoms with E-state index in [1.165, 1.54) is 96.3 Å². The van der Waals surface area contributed by atoms with Gasteiger partial charge < -0.3 is 4.90 Å². The summed E-state index contributed by atoms with van der Waals surface area (Å²) in [5, 5.41) is 0. The minimum absolute atomic E-state index is 0.919. The largest absolute Gasteiger partial charge is 0.348 e. The van der Waals surface area contributed by atoms with Crippen molar-refractivity contribution in [3.8, 4) is 0 Å². The molecule has 132 valence electrons. The standard InChI is InChI=1S/C20H41NO/c1-3-4-5-6-7-8-9-10-11-12-13-14-15-16-17-18-19-21(2)20-22/h20H,3-19H2,1-2H3. The van der Waals surface area contributed by atoms with Crippen LogP contribution in [0.1, 0.15) is 110 Å². The van der Waals surface area contributed by atoms with Crippen LogP contribution < -0.4 is 0 Å². The maximum Gasteiger partial charge on any atom is 0.209 e. The normalized spacial score (nSPS) is 10.8. The molecule has 0 aliphatic heterocycles. The molecule has 0 N–H and O–H groups in total. The van der Waals surface area contributed by atoms with E-state index < -0.39 is 0 Å². The SMILES string of the molecule is CCCCCCCCCCCCCCCCCCN(C)C=O. The Kier molecular flexibility index (Phi) is 18.1. The summed E-state index contributed by atoms with van der Waals surface area (Å²) in [6.07, 6.45) is 23.3. The van der Waals surface area contributed by atoms with Crippen molar-refractivity contribution in [2.45, 2.75) is 110 Å². The third-order valence-corrected chi connectivity index (χ3v) is 4.54. The maximum atomic E-state index is 10.4. The Labute approximate surface area is 140 Å². The number of carbonyl (C=O) groups excluding carboxylic acids is 1. The van der Waals surface area contributed by atoms with Gasteiger partial charge in [0.05, 0.1) is 0 Å². The van der Waals surface area contributed by atoms with Crippen molar-refractivity contribution in [1.82, 2.24) is 4.90 Å². The molecule has 0 spiro atoms. The van der Waals surface area contributed by atoms with Gasteiger partial charge in [-0.3, -0.25) is 4.79 Å². The molecule has 0 saturated carbocycles. The van der Waals surface area contributed by atoms with Crippen LogP contribution in [0.2, 0.25) is 0 Å². The molecule has 0 radical (unpaired) electrons. The summed E-state index contributed by atoms with van der Waals surface area (Å²) in [6, 6.07) is 0. The minimum atomic E-state index is 0.919. The molecule has 0 heterocycles. The summed E-state index contributed by atoms with van der Waals surface area (Å²) in [7, 11) is 1.86. The molecule has 1 amide bonds. The fourth-order valence-electron chi connectivity index (χ4n) is 2.96. The van der Waals surface area contributed by atoms with Gasteiger partial charge in [0.25, 0.3) is 0 Å².